The Balaban J connectivity index is 2.16. The van der Waals surface area contributed by atoms with Gasteiger partial charge in [0.05, 0.1) is 11.4 Å². The predicted molar refractivity (Wildman–Crippen MR) is 95.7 cm³/mol. The monoisotopic (exact) mass is 384 g/mol. The van der Waals surface area contributed by atoms with Crippen molar-refractivity contribution in [3.8, 4) is 0 Å². The largest absolute Gasteiger partial charge is 0.325 e. The van der Waals surface area contributed by atoms with Crippen molar-refractivity contribution in [2.24, 2.45) is 0 Å². The number of benzene rings is 2. The van der Waals surface area contributed by atoms with Gasteiger partial charge in [0.2, 0.25) is 15.9 Å². The minimum atomic E-state index is -3.83. The van der Waals surface area contributed by atoms with Crippen LogP contribution in [0, 0.1) is 12.7 Å². The molecule has 0 saturated heterocycles. The Morgan fingerprint density at radius 1 is 1.20 bits per heavy atom. The summed E-state index contributed by atoms with van der Waals surface area (Å²) in [5, 5.41) is 2.96. The van der Waals surface area contributed by atoms with Crippen molar-refractivity contribution >= 4 is 33.2 Å². The Bertz CT molecular complexity index is 870. The third-order valence-electron chi connectivity index (χ3n) is 3.60. The van der Waals surface area contributed by atoms with Crippen LogP contribution in [0.25, 0.3) is 0 Å². The Morgan fingerprint density at radius 2 is 1.84 bits per heavy atom. The van der Waals surface area contributed by atoms with E-state index in [4.69, 9.17) is 11.6 Å². The molecular formula is C17H18ClFN2O3S. The van der Waals surface area contributed by atoms with Crippen molar-refractivity contribution in [2.45, 2.75) is 18.7 Å². The van der Waals surface area contributed by atoms with Crippen LogP contribution in [0.4, 0.5) is 10.1 Å². The van der Waals surface area contributed by atoms with Gasteiger partial charge < -0.3 is 5.32 Å². The van der Waals surface area contributed by atoms with Crippen LogP contribution in [-0.4, -0.2) is 31.7 Å². The van der Waals surface area contributed by atoms with Gasteiger partial charge in [0, 0.05) is 17.3 Å². The summed E-state index contributed by atoms with van der Waals surface area (Å²) in [7, 11) is -3.83. The van der Waals surface area contributed by atoms with Gasteiger partial charge >= 0.3 is 0 Å². The van der Waals surface area contributed by atoms with Crippen LogP contribution < -0.4 is 5.32 Å². The van der Waals surface area contributed by atoms with E-state index in [1.54, 1.807) is 13.8 Å². The summed E-state index contributed by atoms with van der Waals surface area (Å²) >= 11 is 5.77. The molecule has 0 spiro atoms. The number of hydrogen-bond acceptors (Lipinski definition) is 3. The number of carbonyl (C=O) groups excluding carboxylic acids is 1. The van der Waals surface area contributed by atoms with E-state index in [1.165, 1.54) is 42.5 Å². The molecule has 0 atom stereocenters. The molecule has 0 aliphatic carbocycles. The molecule has 0 saturated carbocycles. The predicted octanol–water partition coefficient (Wildman–Crippen LogP) is 3.44. The molecule has 25 heavy (non-hydrogen) atoms. The average molecular weight is 385 g/mol. The number of nitrogens with zero attached hydrogens (tertiary/aromatic N) is 1. The lowest BCUT2D eigenvalue weighted by Gasteiger charge is -2.20. The Hall–Kier alpha value is -1.96. The summed E-state index contributed by atoms with van der Waals surface area (Å²) in [4.78, 5) is 12.3. The Kier molecular flexibility index (Phi) is 6.16. The third kappa shape index (κ3) is 4.78. The quantitative estimate of drug-likeness (QED) is 0.829. The number of anilines is 1. The Labute approximate surface area is 151 Å². The number of carbonyl (C=O) groups is 1. The summed E-state index contributed by atoms with van der Waals surface area (Å²) in [6, 6.07) is 9.72. The molecule has 8 heteroatoms. The molecule has 2 rings (SSSR count). The number of hydrogen-bond donors (Lipinski definition) is 1. The first kappa shape index (κ1) is 19.4. The first-order chi connectivity index (χ1) is 11.7. The fourth-order valence-electron chi connectivity index (χ4n) is 2.20. The molecule has 2 aromatic rings. The van der Waals surface area contributed by atoms with Crippen LogP contribution >= 0.6 is 11.6 Å². The molecule has 0 aromatic heterocycles. The van der Waals surface area contributed by atoms with Gasteiger partial charge in [0.15, 0.2) is 0 Å². The van der Waals surface area contributed by atoms with Crippen LogP contribution in [0.15, 0.2) is 47.4 Å². The standard InChI is InChI=1S/C17H18ClFN2O3S/c1-3-21(25(23,24)15-8-5-13(18)6-9-15)11-17(22)20-16-10-14(19)7-4-12(16)2/h4-10H,3,11H2,1-2H3,(H,20,22). The lowest BCUT2D eigenvalue weighted by Crippen LogP contribution is -2.37. The fourth-order valence-corrected chi connectivity index (χ4v) is 3.73. The molecule has 134 valence electrons. The van der Waals surface area contributed by atoms with Crippen LogP contribution in [0.3, 0.4) is 0 Å². The minimum absolute atomic E-state index is 0.0495. The highest BCUT2D eigenvalue weighted by Crippen LogP contribution is 2.19. The van der Waals surface area contributed by atoms with Gasteiger partial charge in [0.25, 0.3) is 0 Å². The molecule has 0 unspecified atom stereocenters. The molecule has 1 amide bonds. The first-order valence-electron chi connectivity index (χ1n) is 7.55. The molecule has 0 fully saturated rings. The molecular weight excluding hydrogens is 367 g/mol. The van der Waals surface area contributed by atoms with E-state index < -0.39 is 21.7 Å². The third-order valence-corrected chi connectivity index (χ3v) is 5.78. The maximum Gasteiger partial charge on any atom is 0.243 e. The number of likely N-dealkylation sites (N-methyl/N-ethyl adjacent to an activating group) is 1. The van der Waals surface area contributed by atoms with E-state index in [1.807, 2.05) is 0 Å². The summed E-state index contributed by atoms with van der Waals surface area (Å²) < 4.78 is 39.6. The van der Waals surface area contributed by atoms with Crippen molar-refractivity contribution in [1.82, 2.24) is 4.31 Å². The van der Waals surface area contributed by atoms with Gasteiger partial charge in [-0.05, 0) is 48.9 Å². The highest BCUT2D eigenvalue weighted by atomic mass is 35.5. The van der Waals surface area contributed by atoms with Gasteiger partial charge in [-0.2, -0.15) is 4.31 Å². The van der Waals surface area contributed by atoms with Crippen LogP contribution in [0.1, 0.15) is 12.5 Å². The molecule has 0 aliphatic heterocycles. The topological polar surface area (TPSA) is 66.5 Å². The van der Waals surface area contributed by atoms with E-state index in [-0.39, 0.29) is 18.0 Å². The van der Waals surface area contributed by atoms with Gasteiger partial charge in [-0.3, -0.25) is 4.79 Å². The van der Waals surface area contributed by atoms with E-state index >= 15 is 0 Å². The van der Waals surface area contributed by atoms with Crippen molar-refractivity contribution in [1.29, 1.82) is 0 Å². The smallest absolute Gasteiger partial charge is 0.243 e. The van der Waals surface area contributed by atoms with E-state index in [0.29, 0.717) is 16.3 Å². The molecule has 0 heterocycles. The van der Waals surface area contributed by atoms with Crippen molar-refractivity contribution in [2.75, 3.05) is 18.4 Å². The zero-order chi connectivity index (χ0) is 18.6. The highest BCUT2D eigenvalue weighted by molar-refractivity contribution is 7.89. The van der Waals surface area contributed by atoms with Crippen LogP contribution in [-0.2, 0) is 14.8 Å². The zero-order valence-corrected chi connectivity index (χ0v) is 15.4. The molecule has 1 N–H and O–H groups in total. The molecule has 0 bridgehead atoms. The maximum atomic E-state index is 13.3. The number of sulfonamides is 1. The van der Waals surface area contributed by atoms with Crippen LogP contribution in [0.2, 0.25) is 5.02 Å². The van der Waals surface area contributed by atoms with Crippen molar-refractivity contribution in [3.05, 3.63) is 58.9 Å². The normalized spacial score (nSPS) is 11.6. The van der Waals surface area contributed by atoms with Gasteiger partial charge in [0.1, 0.15) is 5.82 Å². The lowest BCUT2D eigenvalue weighted by molar-refractivity contribution is -0.116. The number of nitrogens with one attached hydrogen (secondary N) is 1. The minimum Gasteiger partial charge on any atom is -0.325 e. The lowest BCUT2D eigenvalue weighted by atomic mass is 10.2. The zero-order valence-electron chi connectivity index (χ0n) is 13.8. The average Bonchev–Trinajstić information content (AvgIpc) is 2.56. The number of amides is 1. The summed E-state index contributed by atoms with van der Waals surface area (Å²) in [5.41, 5.74) is 0.989. The molecule has 0 aliphatic rings. The number of halogens is 2. The van der Waals surface area contributed by atoms with E-state index in [9.17, 15) is 17.6 Å². The molecule has 5 nitrogen and oxygen atoms in total. The maximum absolute atomic E-state index is 13.3. The second kappa shape index (κ2) is 7.95. The van der Waals surface area contributed by atoms with Gasteiger partial charge in [-0.1, -0.05) is 24.6 Å². The number of aryl methyl sites for hydroxylation is 1. The Morgan fingerprint density at radius 3 is 2.44 bits per heavy atom. The van der Waals surface area contributed by atoms with E-state index in [0.717, 1.165) is 4.31 Å². The fraction of sp³-hybridized carbons (Fsp3) is 0.235. The second-order valence-electron chi connectivity index (χ2n) is 5.39. The first-order valence-corrected chi connectivity index (χ1v) is 9.37. The molecule has 2 aromatic carbocycles. The van der Waals surface area contributed by atoms with Crippen molar-refractivity contribution in [3.63, 3.8) is 0 Å². The van der Waals surface area contributed by atoms with E-state index in [2.05, 4.69) is 5.32 Å². The summed E-state index contributed by atoms with van der Waals surface area (Å²) in [5.74, 6) is -1.03. The summed E-state index contributed by atoms with van der Waals surface area (Å²) in [6.07, 6.45) is 0. The van der Waals surface area contributed by atoms with Gasteiger partial charge in [-0.25, -0.2) is 12.8 Å². The highest BCUT2D eigenvalue weighted by Gasteiger charge is 2.25. The van der Waals surface area contributed by atoms with Gasteiger partial charge in [-0.15, -0.1) is 0 Å². The second-order valence-corrected chi connectivity index (χ2v) is 7.77. The van der Waals surface area contributed by atoms with Crippen LogP contribution in [0.5, 0.6) is 0 Å². The molecule has 0 radical (unpaired) electrons. The van der Waals surface area contributed by atoms with Crippen molar-refractivity contribution < 1.29 is 17.6 Å². The summed E-state index contributed by atoms with van der Waals surface area (Å²) in [6.45, 7) is 3.09. The number of rotatable bonds is 6. The SMILES string of the molecule is CCN(CC(=O)Nc1cc(F)ccc1C)S(=O)(=O)c1ccc(Cl)cc1.